The summed E-state index contributed by atoms with van der Waals surface area (Å²) >= 11 is 0. The molecule has 7 nitrogen and oxygen atoms in total. The monoisotopic (exact) mass is 525 g/mol. The number of aliphatic imine (C=N–C) groups is 1. The van der Waals surface area contributed by atoms with Crippen LogP contribution in [0.25, 0.3) is 0 Å². The quantitative estimate of drug-likeness (QED) is 0.496. The van der Waals surface area contributed by atoms with E-state index >= 15 is 0 Å². The van der Waals surface area contributed by atoms with Crippen LogP contribution in [0, 0.1) is 17.8 Å². The number of ether oxygens (including phenoxy) is 1. The van der Waals surface area contributed by atoms with E-state index in [2.05, 4.69) is 9.89 Å². The summed E-state index contributed by atoms with van der Waals surface area (Å²) in [7, 11) is 0. The summed E-state index contributed by atoms with van der Waals surface area (Å²) in [5.74, 6) is 0.550. The van der Waals surface area contributed by atoms with E-state index in [0.29, 0.717) is 18.2 Å². The van der Waals surface area contributed by atoms with Gasteiger partial charge in [-0.3, -0.25) is 18.9 Å². The van der Waals surface area contributed by atoms with Crippen LogP contribution in [-0.2, 0) is 20.7 Å². The fourth-order valence-corrected chi connectivity index (χ4v) is 6.91. The summed E-state index contributed by atoms with van der Waals surface area (Å²) in [6, 6.07) is 7.21. The highest BCUT2D eigenvalue weighted by molar-refractivity contribution is 6.09. The molecular weight excluding hydrogens is 485 g/mol. The number of Topliss-reactive ketones (excluding diaryl/α,β-unsaturated/α-hetero) is 1. The normalized spacial score (nSPS) is 29.2. The van der Waals surface area contributed by atoms with Gasteiger partial charge in [-0.2, -0.15) is 4.99 Å². The molecule has 8 heteroatoms. The van der Waals surface area contributed by atoms with E-state index in [9.17, 15) is 18.8 Å². The molecular formula is C30H40FN3O4. The van der Waals surface area contributed by atoms with Crippen LogP contribution in [0.1, 0.15) is 69.4 Å². The Balaban J connectivity index is 1.29. The molecule has 0 bridgehead atoms. The number of piperidine rings is 1. The molecule has 1 aromatic rings. The fraction of sp³-hybridized carbons (Fsp3) is 0.667. The zero-order valence-electron chi connectivity index (χ0n) is 22.4. The van der Waals surface area contributed by atoms with Gasteiger partial charge >= 0.3 is 6.09 Å². The van der Waals surface area contributed by atoms with Crippen molar-refractivity contribution in [2.24, 2.45) is 22.7 Å². The molecule has 3 heterocycles. The number of hydrogen-bond acceptors (Lipinski definition) is 5. The number of carbonyl (C=O) groups is 3. The van der Waals surface area contributed by atoms with Crippen molar-refractivity contribution in [3.8, 4) is 0 Å². The van der Waals surface area contributed by atoms with E-state index in [0.717, 1.165) is 69.2 Å². The number of carbonyl (C=O) groups excluding carboxylic acids is 3. The number of hydrogen-bond donors (Lipinski definition) is 0. The van der Waals surface area contributed by atoms with Crippen LogP contribution in [0.5, 0.6) is 0 Å². The number of likely N-dealkylation sites (tertiary alicyclic amines) is 2. The molecule has 0 aromatic heterocycles. The van der Waals surface area contributed by atoms with Crippen molar-refractivity contribution in [2.75, 3.05) is 32.9 Å². The van der Waals surface area contributed by atoms with Gasteiger partial charge in [-0.25, -0.2) is 4.79 Å². The maximum absolute atomic E-state index is 13.9. The Bertz CT molecular complexity index is 1040. The average Bonchev–Trinajstić information content (AvgIpc) is 3.60. The second-order valence-electron chi connectivity index (χ2n) is 11.6. The molecule has 1 aliphatic carbocycles. The lowest BCUT2D eigenvalue weighted by atomic mass is 9.76. The molecule has 1 saturated carbocycles. The zero-order valence-corrected chi connectivity index (χ0v) is 22.4. The number of benzene rings is 1. The molecule has 2 saturated heterocycles. The van der Waals surface area contributed by atoms with E-state index in [4.69, 9.17) is 4.74 Å². The Morgan fingerprint density at radius 2 is 1.74 bits per heavy atom. The van der Waals surface area contributed by atoms with Gasteiger partial charge in [-0.15, -0.1) is 0 Å². The molecule has 38 heavy (non-hydrogen) atoms. The molecule has 0 N–H and O–H groups in total. The molecule has 3 atom stereocenters. The molecule has 4 aliphatic rings. The fourth-order valence-electron chi connectivity index (χ4n) is 6.91. The van der Waals surface area contributed by atoms with Crippen molar-refractivity contribution in [2.45, 2.75) is 76.8 Å². The van der Waals surface area contributed by atoms with Crippen molar-refractivity contribution < 1.29 is 23.5 Å². The second kappa shape index (κ2) is 12.1. The smallest absolute Gasteiger partial charge is 0.434 e. The second-order valence-corrected chi connectivity index (χ2v) is 11.6. The lowest BCUT2D eigenvalue weighted by Crippen LogP contribution is -2.54. The number of amides is 2. The molecule has 5 rings (SSSR count). The minimum absolute atomic E-state index is 0.0517. The number of cyclic esters (lactones) is 1. The lowest BCUT2D eigenvalue weighted by molar-refractivity contribution is -0.143. The van der Waals surface area contributed by atoms with Crippen LogP contribution < -0.4 is 0 Å². The maximum Gasteiger partial charge on any atom is 0.434 e. The first kappa shape index (κ1) is 27.0. The third kappa shape index (κ3) is 5.85. The number of alkyl halides is 1. The van der Waals surface area contributed by atoms with E-state index in [-0.39, 0.29) is 49.3 Å². The van der Waals surface area contributed by atoms with Gasteiger partial charge in [0, 0.05) is 24.9 Å². The van der Waals surface area contributed by atoms with Crippen LogP contribution in [0.4, 0.5) is 9.18 Å². The van der Waals surface area contributed by atoms with Crippen LogP contribution in [0.3, 0.4) is 0 Å². The molecule has 2 amide bonds. The van der Waals surface area contributed by atoms with E-state index < -0.39 is 12.1 Å². The average molecular weight is 526 g/mol. The largest absolute Gasteiger partial charge is 0.441 e. The Hall–Kier alpha value is -2.61. The summed E-state index contributed by atoms with van der Waals surface area (Å²) in [6.07, 6.45) is 7.38. The predicted molar refractivity (Wildman–Crippen MR) is 143 cm³/mol. The van der Waals surface area contributed by atoms with Gasteiger partial charge in [-0.05, 0) is 81.0 Å². The van der Waals surface area contributed by atoms with Gasteiger partial charge in [0.15, 0.2) is 5.78 Å². The SMILES string of the molecule is C[C@H](CF)C1CCC(C(=O)N2CC[C@@H](N3CCCCC3)[C@H]2C(=O)Cc2ccc(C3=NC(=O)OC3)cc2)CC1. The first-order valence-electron chi connectivity index (χ1n) is 14.4. The van der Waals surface area contributed by atoms with Crippen molar-refractivity contribution >= 4 is 23.5 Å². The Morgan fingerprint density at radius 3 is 2.37 bits per heavy atom. The Labute approximate surface area is 224 Å². The van der Waals surface area contributed by atoms with Crippen LogP contribution in [0.2, 0.25) is 0 Å². The van der Waals surface area contributed by atoms with Crippen molar-refractivity contribution in [1.29, 1.82) is 0 Å². The van der Waals surface area contributed by atoms with Crippen LogP contribution in [-0.4, -0.2) is 78.3 Å². The minimum atomic E-state index is -0.570. The van der Waals surface area contributed by atoms with Crippen molar-refractivity contribution in [1.82, 2.24) is 9.80 Å². The van der Waals surface area contributed by atoms with Crippen LogP contribution in [0.15, 0.2) is 29.3 Å². The Morgan fingerprint density at radius 1 is 1.03 bits per heavy atom. The standard InChI is InChI=1S/C30H40FN3O4/c1-20(18-31)22-9-11-24(12-10-22)29(36)34-16-13-26(33-14-3-2-4-15-33)28(34)27(35)17-21-5-7-23(8-6-21)25-19-38-30(37)32-25/h5-8,20,22,24,26,28H,2-4,9-19H2,1H3/t20-,22?,24?,26-,28+/m1/s1. The summed E-state index contributed by atoms with van der Waals surface area (Å²) < 4.78 is 18.1. The molecule has 3 aliphatic heterocycles. The molecule has 0 unspecified atom stereocenters. The summed E-state index contributed by atoms with van der Waals surface area (Å²) in [6.45, 7) is 4.43. The van der Waals surface area contributed by atoms with Crippen LogP contribution >= 0.6 is 0 Å². The molecule has 0 spiro atoms. The van der Waals surface area contributed by atoms with E-state index in [1.54, 1.807) is 0 Å². The molecule has 0 radical (unpaired) electrons. The van der Waals surface area contributed by atoms with Gasteiger partial charge in [-0.1, -0.05) is 37.6 Å². The van der Waals surface area contributed by atoms with Gasteiger partial charge in [0.2, 0.25) is 5.91 Å². The van der Waals surface area contributed by atoms with Crippen molar-refractivity contribution in [3.05, 3.63) is 35.4 Å². The summed E-state index contributed by atoms with van der Waals surface area (Å²) in [5, 5.41) is 0. The van der Waals surface area contributed by atoms with Gasteiger partial charge in [0.05, 0.1) is 12.4 Å². The highest BCUT2D eigenvalue weighted by atomic mass is 19.1. The first-order valence-corrected chi connectivity index (χ1v) is 14.4. The topological polar surface area (TPSA) is 79.3 Å². The number of ketones is 1. The molecule has 206 valence electrons. The molecule has 3 fully saturated rings. The number of nitrogens with zero attached hydrogens (tertiary/aromatic N) is 3. The molecule has 1 aromatic carbocycles. The predicted octanol–water partition coefficient (Wildman–Crippen LogP) is 4.60. The minimum Gasteiger partial charge on any atom is -0.441 e. The highest BCUT2D eigenvalue weighted by Gasteiger charge is 2.46. The number of halogens is 1. The third-order valence-electron chi connectivity index (χ3n) is 9.23. The Kier molecular flexibility index (Phi) is 8.56. The van der Waals surface area contributed by atoms with Gasteiger partial charge in [0.25, 0.3) is 0 Å². The summed E-state index contributed by atoms with van der Waals surface area (Å²) in [5.41, 5.74) is 2.30. The highest BCUT2D eigenvalue weighted by Crippen LogP contribution is 2.37. The van der Waals surface area contributed by atoms with Gasteiger partial charge < -0.3 is 9.64 Å². The van der Waals surface area contributed by atoms with E-state index in [1.807, 2.05) is 36.1 Å². The number of rotatable bonds is 8. The first-order chi connectivity index (χ1) is 18.4. The van der Waals surface area contributed by atoms with Crippen molar-refractivity contribution in [3.63, 3.8) is 0 Å². The maximum atomic E-state index is 13.9. The van der Waals surface area contributed by atoms with E-state index in [1.165, 1.54) is 6.42 Å². The lowest BCUT2D eigenvalue weighted by Gasteiger charge is -2.38. The third-order valence-corrected chi connectivity index (χ3v) is 9.23. The zero-order chi connectivity index (χ0) is 26.6. The van der Waals surface area contributed by atoms with Gasteiger partial charge in [0.1, 0.15) is 12.6 Å². The summed E-state index contributed by atoms with van der Waals surface area (Å²) in [4.78, 5) is 47.2.